The van der Waals surface area contributed by atoms with Crippen LogP contribution in [0.15, 0.2) is 12.1 Å². The third-order valence-electron chi connectivity index (χ3n) is 4.77. The smallest absolute Gasteiger partial charge is 0.251 e. The van der Waals surface area contributed by atoms with Crippen LogP contribution in [-0.4, -0.2) is 16.9 Å². The molecule has 0 bridgehead atoms. The number of pyridine rings is 1. The van der Waals surface area contributed by atoms with Crippen LogP contribution in [0.5, 0.6) is 0 Å². The molecule has 1 aliphatic rings. The Kier molecular flexibility index (Phi) is 3.38. The second kappa shape index (κ2) is 4.48. The monoisotopic (exact) mass is 280 g/mol. The van der Waals surface area contributed by atoms with Crippen LogP contribution < -0.4 is 5.32 Å². The Morgan fingerprint density at radius 2 is 1.89 bits per heavy atom. The van der Waals surface area contributed by atoms with Crippen molar-refractivity contribution >= 4 is 17.5 Å². The van der Waals surface area contributed by atoms with Crippen LogP contribution in [0.25, 0.3) is 0 Å². The number of hydrogen-bond acceptors (Lipinski definition) is 2. The number of carbonyl (C=O) groups is 1. The number of rotatable bonds is 3. The second-order valence-electron chi connectivity index (χ2n) is 6.37. The Balaban J connectivity index is 2.16. The molecule has 0 aromatic carbocycles. The fourth-order valence-electron chi connectivity index (χ4n) is 2.64. The molecule has 104 valence electrons. The Bertz CT molecular complexity index is 509. The Hall–Kier alpha value is -1.09. The second-order valence-corrected chi connectivity index (χ2v) is 6.76. The summed E-state index contributed by atoms with van der Waals surface area (Å²) in [5.41, 5.74) is 1.70. The first-order valence-electron chi connectivity index (χ1n) is 6.67. The van der Waals surface area contributed by atoms with Crippen molar-refractivity contribution < 1.29 is 4.79 Å². The van der Waals surface area contributed by atoms with E-state index in [4.69, 9.17) is 11.6 Å². The summed E-state index contributed by atoms with van der Waals surface area (Å²) in [4.78, 5) is 16.5. The first-order chi connectivity index (χ1) is 8.70. The van der Waals surface area contributed by atoms with E-state index < -0.39 is 0 Å². The molecular weight excluding hydrogens is 260 g/mol. The van der Waals surface area contributed by atoms with Crippen molar-refractivity contribution in [2.24, 2.45) is 10.8 Å². The number of halogens is 1. The van der Waals surface area contributed by atoms with Gasteiger partial charge in [-0.1, -0.05) is 46.2 Å². The molecule has 0 atom stereocenters. The molecule has 0 saturated heterocycles. The maximum absolute atomic E-state index is 12.3. The van der Waals surface area contributed by atoms with Gasteiger partial charge in [0.05, 0.1) is 0 Å². The van der Waals surface area contributed by atoms with Gasteiger partial charge in [-0.15, -0.1) is 0 Å². The molecule has 3 nitrogen and oxygen atoms in total. The number of hydrogen-bond donors (Lipinski definition) is 1. The molecule has 1 heterocycles. The first-order valence-corrected chi connectivity index (χ1v) is 7.05. The van der Waals surface area contributed by atoms with Gasteiger partial charge in [-0.3, -0.25) is 4.79 Å². The van der Waals surface area contributed by atoms with Crippen molar-refractivity contribution in [3.05, 3.63) is 28.5 Å². The Labute approximate surface area is 119 Å². The molecule has 19 heavy (non-hydrogen) atoms. The molecule has 0 spiro atoms. The normalized spacial score (nSPS) is 20.1. The molecule has 1 aliphatic carbocycles. The highest BCUT2D eigenvalue weighted by Crippen LogP contribution is 2.62. The number of aryl methyl sites for hydroxylation is 1. The predicted octanol–water partition coefficient (Wildman–Crippen LogP) is 3.46. The molecule has 1 saturated carbocycles. The van der Waals surface area contributed by atoms with Gasteiger partial charge in [-0.05, 0) is 29.4 Å². The SMILES string of the molecule is CCc1cc(C(=O)NC2C(C)(C)C2(C)C)cc(Cl)n1. The van der Waals surface area contributed by atoms with Crippen LogP contribution in [0.2, 0.25) is 5.15 Å². The van der Waals surface area contributed by atoms with Crippen LogP contribution in [0.3, 0.4) is 0 Å². The van der Waals surface area contributed by atoms with Crippen molar-refractivity contribution in [3.8, 4) is 0 Å². The molecule has 1 N–H and O–H groups in total. The van der Waals surface area contributed by atoms with Gasteiger partial charge < -0.3 is 5.32 Å². The molecule has 0 radical (unpaired) electrons. The van der Waals surface area contributed by atoms with E-state index in [1.807, 2.05) is 13.0 Å². The van der Waals surface area contributed by atoms with E-state index in [1.54, 1.807) is 6.07 Å². The highest BCUT2D eigenvalue weighted by Gasteiger charge is 2.65. The highest BCUT2D eigenvalue weighted by molar-refractivity contribution is 6.29. The van der Waals surface area contributed by atoms with Gasteiger partial charge in [0.25, 0.3) is 5.91 Å². The van der Waals surface area contributed by atoms with E-state index >= 15 is 0 Å². The van der Waals surface area contributed by atoms with Gasteiger partial charge in [-0.25, -0.2) is 4.98 Å². The lowest BCUT2D eigenvalue weighted by Gasteiger charge is -2.08. The maximum Gasteiger partial charge on any atom is 0.251 e. The van der Waals surface area contributed by atoms with Crippen LogP contribution in [0.4, 0.5) is 0 Å². The van der Waals surface area contributed by atoms with Crippen LogP contribution in [-0.2, 0) is 6.42 Å². The summed E-state index contributed by atoms with van der Waals surface area (Å²) >= 11 is 5.95. The first kappa shape index (κ1) is 14.3. The van der Waals surface area contributed by atoms with E-state index in [1.165, 1.54) is 0 Å². The zero-order valence-corrected chi connectivity index (χ0v) is 12.9. The molecular formula is C15H21ClN2O. The molecule has 1 aromatic rings. The van der Waals surface area contributed by atoms with Gasteiger partial charge >= 0.3 is 0 Å². The van der Waals surface area contributed by atoms with Crippen molar-refractivity contribution in [1.82, 2.24) is 10.3 Å². The molecule has 2 rings (SSSR count). The van der Waals surface area contributed by atoms with Crippen molar-refractivity contribution in [2.45, 2.75) is 47.1 Å². The number of carbonyl (C=O) groups excluding carboxylic acids is 1. The lowest BCUT2D eigenvalue weighted by atomic mass is 10.0. The van der Waals surface area contributed by atoms with Gasteiger partial charge in [0, 0.05) is 17.3 Å². The van der Waals surface area contributed by atoms with Crippen molar-refractivity contribution in [3.63, 3.8) is 0 Å². The van der Waals surface area contributed by atoms with E-state index in [2.05, 4.69) is 38.0 Å². The van der Waals surface area contributed by atoms with Crippen LogP contribution >= 0.6 is 11.6 Å². The third kappa shape index (κ3) is 2.36. The van der Waals surface area contributed by atoms with Crippen molar-refractivity contribution in [1.29, 1.82) is 0 Å². The zero-order valence-electron chi connectivity index (χ0n) is 12.2. The van der Waals surface area contributed by atoms with Gasteiger partial charge in [0.15, 0.2) is 0 Å². The summed E-state index contributed by atoms with van der Waals surface area (Å²) in [6.45, 7) is 10.7. The summed E-state index contributed by atoms with van der Waals surface area (Å²) in [5.74, 6) is -0.0670. The molecule has 1 amide bonds. The fraction of sp³-hybridized carbons (Fsp3) is 0.600. The van der Waals surface area contributed by atoms with E-state index in [9.17, 15) is 4.79 Å². The molecule has 0 aliphatic heterocycles. The van der Waals surface area contributed by atoms with E-state index in [-0.39, 0.29) is 22.8 Å². The van der Waals surface area contributed by atoms with Gasteiger partial charge in [0.1, 0.15) is 5.15 Å². The largest absolute Gasteiger partial charge is 0.348 e. The number of nitrogens with zero attached hydrogens (tertiary/aromatic N) is 1. The minimum absolute atomic E-state index is 0.0670. The lowest BCUT2D eigenvalue weighted by Crippen LogP contribution is -2.29. The summed E-state index contributed by atoms with van der Waals surface area (Å²) in [6.07, 6.45) is 0.765. The number of aromatic nitrogens is 1. The topological polar surface area (TPSA) is 42.0 Å². The summed E-state index contributed by atoms with van der Waals surface area (Å²) in [6, 6.07) is 3.63. The lowest BCUT2D eigenvalue weighted by molar-refractivity contribution is 0.0943. The Morgan fingerprint density at radius 3 is 2.37 bits per heavy atom. The quantitative estimate of drug-likeness (QED) is 0.862. The highest BCUT2D eigenvalue weighted by atomic mass is 35.5. The standard InChI is InChI=1S/C15H21ClN2O/c1-6-10-7-9(8-11(16)17-10)12(19)18-13-14(2,3)15(13,4)5/h7-8,13H,6H2,1-5H3,(H,18,19). The van der Waals surface area contributed by atoms with E-state index in [0.29, 0.717) is 10.7 Å². The minimum atomic E-state index is -0.0670. The van der Waals surface area contributed by atoms with Crippen LogP contribution in [0.1, 0.15) is 50.7 Å². The van der Waals surface area contributed by atoms with Crippen molar-refractivity contribution in [2.75, 3.05) is 0 Å². The maximum atomic E-state index is 12.3. The summed E-state index contributed by atoms with van der Waals surface area (Å²) in [5, 5.41) is 3.48. The Morgan fingerprint density at radius 1 is 1.32 bits per heavy atom. The average Bonchev–Trinajstić information content (AvgIpc) is 2.70. The number of amides is 1. The predicted molar refractivity (Wildman–Crippen MR) is 77.4 cm³/mol. The third-order valence-corrected chi connectivity index (χ3v) is 4.96. The average molecular weight is 281 g/mol. The molecule has 1 aromatic heterocycles. The summed E-state index contributed by atoms with van der Waals surface area (Å²) in [7, 11) is 0. The molecule has 0 unspecified atom stereocenters. The fourth-order valence-corrected chi connectivity index (χ4v) is 2.86. The molecule has 4 heteroatoms. The minimum Gasteiger partial charge on any atom is -0.348 e. The molecule has 1 fully saturated rings. The van der Waals surface area contributed by atoms with Gasteiger partial charge in [0.2, 0.25) is 0 Å². The van der Waals surface area contributed by atoms with E-state index in [0.717, 1.165) is 12.1 Å². The van der Waals surface area contributed by atoms with Gasteiger partial charge in [-0.2, -0.15) is 0 Å². The van der Waals surface area contributed by atoms with Crippen LogP contribution in [0, 0.1) is 10.8 Å². The zero-order chi connectivity index (χ0) is 14.4. The summed E-state index contributed by atoms with van der Waals surface area (Å²) < 4.78 is 0. The number of nitrogens with one attached hydrogen (secondary N) is 1.